The molecule has 2 aliphatic heterocycles. The monoisotopic (exact) mass is 220 g/mol. The Labute approximate surface area is 87.5 Å². The van der Waals surface area contributed by atoms with E-state index in [1.807, 2.05) is 12.1 Å². The highest BCUT2D eigenvalue weighted by molar-refractivity contribution is 7.95. The average Bonchev–Trinajstić information content (AvgIpc) is 2.67. The predicted molar refractivity (Wildman–Crippen MR) is 56.0 cm³/mol. The second-order valence-corrected chi connectivity index (χ2v) is 5.34. The molecule has 0 unspecified atom stereocenters. The summed E-state index contributed by atoms with van der Waals surface area (Å²) < 4.78 is 24.2. The largest absolute Gasteiger partial charge is 0.302 e. The van der Waals surface area contributed by atoms with Crippen molar-refractivity contribution in [2.75, 3.05) is 0 Å². The Balaban J connectivity index is 2.31. The van der Waals surface area contributed by atoms with E-state index in [0.717, 1.165) is 5.56 Å². The van der Waals surface area contributed by atoms with Crippen molar-refractivity contribution in [2.24, 2.45) is 4.99 Å². The van der Waals surface area contributed by atoms with E-state index in [4.69, 9.17) is 0 Å². The zero-order valence-electron chi connectivity index (χ0n) is 7.79. The molecule has 75 valence electrons. The number of aliphatic imine (C=N–C) groups is 1. The van der Waals surface area contributed by atoms with E-state index in [1.54, 1.807) is 23.4 Å². The Morgan fingerprint density at radius 3 is 2.93 bits per heavy atom. The van der Waals surface area contributed by atoms with Gasteiger partial charge in [0.2, 0.25) is 6.34 Å². The van der Waals surface area contributed by atoms with Crippen molar-refractivity contribution < 1.29 is 8.42 Å². The fourth-order valence-corrected chi connectivity index (χ4v) is 3.42. The van der Waals surface area contributed by atoms with Gasteiger partial charge >= 0.3 is 5.03 Å². The smallest absolute Gasteiger partial charge is 0.213 e. The molecule has 0 aromatic heterocycles. The highest BCUT2D eigenvalue weighted by Gasteiger charge is 2.43. The number of fused-ring (bicyclic) bond motifs is 2. The summed E-state index contributed by atoms with van der Waals surface area (Å²) >= 11 is 0. The molecule has 5 heteroatoms. The van der Waals surface area contributed by atoms with Gasteiger partial charge in [-0.05, 0) is 6.07 Å². The van der Waals surface area contributed by atoms with Gasteiger partial charge in [-0.15, -0.1) is 0 Å². The van der Waals surface area contributed by atoms with Gasteiger partial charge in [0.25, 0.3) is 9.84 Å². The van der Waals surface area contributed by atoms with Crippen molar-refractivity contribution in [1.82, 2.24) is 4.90 Å². The lowest BCUT2D eigenvalue weighted by molar-refractivity contribution is 0.576. The summed E-state index contributed by atoms with van der Waals surface area (Å²) in [6.45, 7) is 0.574. The Kier molecular flexibility index (Phi) is 1.63. The van der Waals surface area contributed by atoms with Crippen LogP contribution in [0.25, 0.3) is 0 Å². The lowest BCUT2D eigenvalue weighted by Gasteiger charge is -2.15. The molecule has 1 aromatic carbocycles. The fourth-order valence-electron chi connectivity index (χ4n) is 1.84. The van der Waals surface area contributed by atoms with Gasteiger partial charge in [-0.3, -0.25) is 0 Å². The van der Waals surface area contributed by atoms with Crippen molar-refractivity contribution >= 4 is 16.2 Å². The van der Waals surface area contributed by atoms with Crippen LogP contribution in [0.1, 0.15) is 5.56 Å². The van der Waals surface area contributed by atoms with E-state index in [-0.39, 0.29) is 5.03 Å². The van der Waals surface area contributed by atoms with Crippen molar-refractivity contribution in [1.29, 1.82) is 0 Å². The summed E-state index contributed by atoms with van der Waals surface area (Å²) in [5.41, 5.74) is 0.822. The molecule has 0 bridgehead atoms. The van der Waals surface area contributed by atoms with Crippen LogP contribution < -0.4 is 4.90 Å². The van der Waals surface area contributed by atoms with Gasteiger partial charge < -0.3 is 0 Å². The Morgan fingerprint density at radius 1 is 1.27 bits per heavy atom. The highest BCUT2D eigenvalue weighted by atomic mass is 32.2. The standard InChI is InChI=1S/C10H8N2O2S/c13-15(14)9-4-2-1-3-8(9)6-12-7-11-5-10(12)15/h1-5,7H,6H2/q+1. The Morgan fingerprint density at radius 2 is 2.07 bits per heavy atom. The molecule has 0 amide bonds. The average molecular weight is 220 g/mol. The first-order valence-electron chi connectivity index (χ1n) is 4.53. The van der Waals surface area contributed by atoms with Crippen LogP contribution in [0.5, 0.6) is 0 Å². The topological polar surface area (TPSA) is 52.4 Å². The molecule has 0 N–H and O–H groups in total. The first-order valence-corrected chi connectivity index (χ1v) is 6.01. The summed E-state index contributed by atoms with van der Waals surface area (Å²) in [5, 5.41) is 0.279. The third-order valence-corrected chi connectivity index (χ3v) is 4.42. The molecule has 0 atom stereocenters. The van der Waals surface area contributed by atoms with Gasteiger partial charge in [0, 0.05) is 5.56 Å². The van der Waals surface area contributed by atoms with E-state index in [2.05, 4.69) is 4.99 Å². The van der Waals surface area contributed by atoms with Crippen LogP contribution in [-0.2, 0) is 16.4 Å². The molecular formula is C10H8N2O2S+. The quantitative estimate of drug-likeness (QED) is 0.611. The molecule has 1 radical (unpaired) electrons. The van der Waals surface area contributed by atoms with Crippen molar-refractivity contribution in [3.05, 3.63) is 41.1 Å². The molecule has 4 nitrogen and oxygen atoms in total. The first-order chi connectivity index (χ1) is 7.19. The van der Waals surface area contributed by atoms with Gasteiger partial charge in [-0.25, -0.2) is 8.42 Å². The molecule has 1 aromatic rings. The van der Waals surface area contributed by atoms with Gasteiger partial charge in [0.1, 0.15) is 6.20 Å². The van der Waals surface area contributed by atoms with E-state index in [1.165, 1.54) is 6.20 Å². The molecular weight excluding hydrogens is 212 g/mol. The van der Waals surface area contributed by atoms with Crippen molar-refractivity contribution in [2.45, 2.75) is 11.4 Å². The maximum absolute atomic E-state index is 12.1. The third-order valence-electron chi connectivity index (χ3n) is 2.55. The van der Waals surface area contributed by atoms with E-state index in [9.17, 15) is 8.42 Å². The molecule has 0 saturated heterocycles. The fraction of sp³-hybridized carbons (Fsp3) is 0.100. The minimum absolute atomic E-state index is 0.279. The number of hydrogen-bond acceptors (Lipinski definition) is 4. The van der Waals surface area contributed by atoms with Crippen molar-refractivity contribution in [3.8, 4) is 0 Å². The van der Waals surface area contributed by atoms with Gasteiger partial charge in [-0.2, -0.15) is 4.99 Å². The van der Waals surface area contributed by atoms with Gasteiger partial charge in [0.15, 0.2) is 6.54 Å². The first kappa shape index (κ1) is 8.82. The van der Waals surface area contributed by atoms with Gasteiger partial charge in [0.05, 0.1) is 4.90 Å². The van der Waals surface area contributed by atoms with Gasteiger partial charge in [-0.1, -0.05) is 23.1 Å². The molecule has 0 spiro atoms. The van der Waals surface area contributed by atoms with Crippen LogP contribution in [0.15, 0.2) is 45.4 Å². The second kappa shape index (κ2) is 2.77. The zero-order valence-corrected chi connectivity index (χ0v) is 8.61. The van der Waals surface area contributed by atoms with E-state index < -0.39 is 9.84 Å². The second-order valence-electron chi connectivity index (χ2n) is 3.47. The summed E-state index contributed by atoms with van der Waals surface area (Å²) in [6, 6.07) is 7.05. The van der Waals surface area contributed by atoms with Crippen LogP contribution in [0.2, 0.25) is 0 Å². The van der Waals surface area contributed by atoms with E-state index in [0.29, 0.717) is 11.4 Å². The Bertz CT molecular complexity index is 587. The maximum Gasteiger partial charge on any atom is 0.302 e. The van der Waals surface area contributed by atoms with Crippen LogP contribution >= 0.6 is 0 Å². The number of sulfone groups is 1. The molecule has 0 saturated carbocycles. The minimum Gasteiger partial charge on any atom is -0.213 e. The summed E-state index contributed by atoms with van der Waals surface area (Å²) in [7, 11) is -3.36. The normalized spacial score (nSPS) is 22.0. The van der Waals surface area contributed by atoms with Crippen molar-refractivity contribution in [3.63, 3.8) is 0 Å². The van der Waals surface area contributed by atoms with Crippen LogP contribution in [0, 0.1) is 0 Å². The molecule has 15 heavy (non-hydrogen) atoms. The lowest BCUT2D eigenvalue weighted by Crippen LogP contribution is -2.34. The zero-order chi connectivity index (χ0) is 10.5. The molecule has 2 aliphatic rings. The predicted octanol–water partition coefficient (Wildman–Crippen LogP) is 0.955. The maximum atomic E-state index is 12.1. The summed E-state index contributed by atoms with van der Waals surface area (Å²) in [6.07, 6.45) is 2.94. The summed E-state index contributed by atoms with van der Waals surface area (Å²) in [5.74, 6) is 0. The number of nitrogens with zero attached hydrogens (tertiary/aromatic N) is 2. The number of rotatable bonds is 0. The van der Waals surface area contributed by atoms with Crippen LogP contribution in [0.4, 0.5) is 0 Å². The molecule has 0 fully saturated rings. The Hall–Kier alpha value is -1.46. The number of hydrogen-bond donors (Lipinski definition) is 0. The summed E-state index contributed by atoms with van der Waals surface area (Å²) in [4.78, 5) is 5.92. The lowest BCUT2D eigenvalue weighted by atomic mass is 10.2. The molecule has 3 rings (SSSR count). The number of benzene rings is 1. The highest BCUT2D eigenvalue weighted by Crippen LogP contribution is 2.31. The molecule has 2 heterocycles. The van der Waals surface area contributed by atoms with Crippen LogP contribution in [-0.4, -0.2) is 14.8 Å². The van der Waals surface area contributed by atoms with E-state index >= 15 is 0 Å². The molecule has 0 aliphatic carbocycles. The van der Waals surface area contributed by atoms with Crippen LogP contribution in [0.3, 0.4) is 0 Å². The minimum atomic E-state index is -3.36. The third kappa shape index (κ3) is 1.10. The SMILES string of the molecule is O=S1(=O)C2=CN=C[N+]2Cc2ccccc21.